The van der Waals surface area contributed by atoms with E-state index in [1.165, 1.54) is 6.42 Å². The van der Waals surface area contributed by atoms with E-state index in [0.717, 1.165) is 38.9 Å². The van der Waals surface area contributed by atoms with Crippen LogP contribution < -0.4 is 0 Å². The maximum absolute atomic E-state index is 12.4. The molecule has 0 aromatic carbocycles. The van der Waals surface area contributed by atoms with Crippen molar-refractivity contribution < 1.29 is 9.90 Å². The lowest BCUT2D eigenvalue weighted by molar-refractivity contribution is -0.135. The van der Waals surface area contributed by atoms with Gasteiger partial charge in [0, 0.05) is 31.0 Å². The number of piperidine rings is 1. The zero-order valence-corrected chi connectivity index (χ0v) is 12.0. The molecule has 3 heteroatoms. The Bertz CT molecular complexity index is 314. The molecule has 1 heterocycles. The molecule has 0 aromatic heterocycles. The quantitative estimate of drug-likeness (QED) is 0.819. The zero-order chi connectivity index (χ0) is 13.3. The molecule has 0 spiro atoms. The molecule has 2 aliphatic rings. The number of Topliss-reactive ketones (excluding diaryl/α,β-unsaturated/α-hetero) is 1. The zero-order valence-electron chi connectivity index (χ0n) is 12.0. The Hall–Kier alpha value is -0.410. The number of nitrogens with zero attached hydrogens (tertiary/aromatic N) is 1. The Balaban J connectivity index is 1.91. The smallest absolute Gasteiger partial charge is 0.142 e. The average molecular weight is 253 g/mol. The summed E-state index contributed by atoms with van der Waals surface area (Å²) in [5, 5.41) is 9.74. The molecule has 1 N–H and O–H groups in total. The van der Waals surface area contributed by atoms with Crippen LogP contribution in [0.15, 0.2) is 0 Å². The number of carbonyl (C=O) groups is 1. The molecule has 2 rings (SSSR count). The lowest BCUT2D eigenvalue weighted by Gasteiger charge is -2.39. The fourth-order valence-electron chi connectivity index (χ4n) is 3.47. The number of ketones is 1. The second kappa shape index (κ2) is 5.30. The fourth-order valence-corrected chi connectivity index (χ4v) is 3.47. The summed E-state index contributed by atoms with van der Waals surface area (Å²) in [6.07, 6.45) is 3.97. The normalized spacial score (nSPS) is 37.8. The number of hydrogen-bond donors (Lipinski definition) is 1. The predicted octanol–water partition coefficient (Wildman–Crippen LogP) is 2.08. The Morgan fingerprint density at radius 2 is 2.11 bits per heavy atom. The van der Waals surface area contributed by atoms with Crippen molar-refractivity contribution >= 4 is 5.78 Å². The summed E-state index contributed by atoms with van der Waals surface area (Å²) in [7, 11) is 0. The summed E-state index contributed by atoms with van der Waals surface area (Å²) < 4.78 is 0. The minimum Gasteiger partial charge on any atom is -0.393 e. The van der Waals surface area contributed by atoms with Gasteiger partial charge in [-0.3, -0.25) is 4.79 Å². The lowest BCUT2D eigenvalue weighted by Crippen LogP contribution is -2.47. The number of likely N-dealkylation sites (tertiary alicyclic amines) is 1. The topological polar surface area (TPSA) is 40.5 Å². The SMILES string of the molecule is CC1CN(CC2CCCC(C)(C)C2=O)CCC1O. The molecule has 1 aliphatic heterocycles. The third-order valence-corrected chi connectivity index (χ3v) is 4.81. The molecule has 104 valence electrons. The van der Waals surface area contributed by atoms with Crippen molar-refractivity contribution in [3.63, 3.8) is 0 Å². The Labute approximate surface area is 111 Å². The molecule has 0 amide bonds. The van der Waals surface area contributed by atoms with Crippen LogP contribution in [0.25, 0.3) is 0 Å². The van der Waals surface area contributed by atoms with Crippen molar-refractivity contribution in [1.29, 1.82) is 0 Å². The van der Waals surface area contributed by atoms with Gasteiger partial charge in [-0.2, -0.15) is 0 Å². The van der Waals surface area contributed by atoms with Crippen molar-refractivity contribution in [2.24, 2.45) is 17.3 Å². The van der Waals surface area contributed by atoms with Gasteiger partial charge in [0.25, 0.3) is 0 Å². The summed E-state index contributed by atoms with van der Waals surface area (Å²) >= 11 is 0. The first kappa shape index (κ1) is 14.0. The van der Waals surface area contributed by atoms with E-state index in [2.05, 4.69) is 25.7 Å². The van der Waals surface area contributed by atoms with E-state index >= 15 is 0 Å². The van der Waals surface area contributed by atoms with Crippen LogP contribution in [0.1, 0.15) is 46.5 Å². The van der Waals surface area contributed by atoms with Crippen molar-refractivity contribution in [2.45, 2.75) is 52.6 Å². The van der Waals surface area contributed by atoms with Crippen molar-refractivity contribution in [2.75, 3.05) is 19.6 Å². The van der Waals surface area contributed by atoms with Crippen LogP contribution in [0.2, 0.25) is 0 Å². The van der Waals surface area contributed by atoms with Gasteiger partial charge in [0.15, 0.2) is 0 Å². The third-order valence-electron chi connectivity index (χ3n) is 4.81. The number of carbonyl (C=O) groups excluding carboxylic acids is 1. The van der Waals surface area contributed by atoms with Crippen molar-refractivity contribution in [3.8, 4) is 0 Å². The van der Waals surface area contributed by atoms with Crippen LogP contribution in [0.4, 0.5) is 0 Å². The standard InChI is InChI=1S/C15H27NO2/c1-11-9-16(8-6-13(11)17)10-12-5-4-7-15(2,3)14(12)18/h11-13,17H,4-10H2,1-3H3. The second-order valence-corrected chi connectivity index (χ2v) is 6.93. The summed E-state index contributed by atoms with van der Waals surface area (Å²) in [4.78, 5) is 14.8. The highest BCUT2D eigenvalue weighted by atomic mass is 16.3. The molecule has 2 fully saturated rings. The number of hydrogen-bond acceptors (Lipinski definition) is 3. The van der Waals surface area contributed by atoms with E-state index in [1.807, 2.05) is 0 Å². The van der Waals surface area contributed by atoms with Gasteiger partial charge >= 0.3 is 0 Å². The van der Waals surface area contributed by atoms with Crippen LogP contribution in [0.3, 0.4) is 0 Å². The number of aliphatic hydroxyl groups excluding tert-OH is 1. The van der Waals surface area contributed by atoms with Crippen LogP contribution >= 0.6 is 0 Å². The first-order valence-electron chi connectivity index (χ1n) is 7.35. The maximum Gasteiger partial charge on any atom is 0.142 e. The summed E-state index contributed by atoms with van der Waals surface area (Å²) in [5.74, 6) is 1.01. The van der Waals surface area contributed by atoms with Gasteiger partial charge in [-0.05, 0) is 25.2 Å². The minimum absolute atomic E-state index is 0.121. The molecule has 1 saturated carbocycles. The Morgan fingerprint density at radius 3 is 2.78 bits per heavy atom. The van der Waals surface area contributed by atoms with Gasteiger partial charge in [-0.1, -0.05) is 27.2 Å². The van der Waals surface area contributed by atoms with E-state index in [-0.39, 0.29) is 17.4 Å². The van der Waals surface area contributed by atoms with Crippen LogP contribution in [0, 0.1) is 17.3 Å². The van der Waals surface area contributed by atoms with Gasteiger partial charge < -0.3 is 10.0 Å². The van der Waals surface area contributed by atoms with Crippen LogP contribution in [0.5, 0.6) is 0 Å². The lowest BCUT2D eigenvalue weighted by atomic mass is 9.71. The minimum atomic E-state index is -0.153. The average Bonchev–Trinajstić information content (AvgIpc) is 2.30. The first-order valence-corrected chi connectivity index (χ1v) is 7.35. The Morgan fingerprint density at radius 1 is 1.39 bits per heavy atom. The molecule has 18 heavy (non-hydrogen) atoms. The van der Waals surface area contributed by atoms with Gasteiger partial charge in [-0.15, -0.1) is 0 Å². The summed E-state index contributed by atoms with van der Waals surface area (Å²) in [6, 6.07) is 0. The van der Waals surface area contributed by atoms with Crippen molar-refractivity contribution in [1.82, 2.24) is 4.90 Å². The third kappa shape index (κ3) is 2.94. The monoisotopic (exact) mass is 253 g/mol. The highest BCUT2D eigenvalue weighted by Crippen LogP contribution is 2.36. The van der Waals surface area contributed by atoms with Crippen molar-refractivity contribution in [3.05, 3.63) is 0 Å². The molecule has 3 unspecified atom stereocenters. The molecule has 1 saturated heterocycles. The largest absolute Gasteiger partial charge is 0.393 e. The number of aliphatic hydroxyl groups is 1. The van der Waals surface area contributed by atoms with Gasteiger partial charge in [0.2, 0.25) is 0 Å². The van der Waals surface area contributed by atoms with Gasteiger partial charge in [0.05, 0.1) is 6.10 Å². The van der Waals surface area contributed by atoms with E-state index < -0.39 is 0 Å². The molecule has 3 nitrogen and oxygen atoms in total. The summed E-state index contributed by atoms with van der Waals surface area (Å²) in [5.41, 5.74) is -0.121. The predicted molar refractivity (Wildman–Crippen MR) is 72.4 cm³/mol. The van der Waals surface area contributed by atoms with E-state index in [4.69, 9.17) is 0 Å². The molecular weight excluding hydrogens is 226 g/mol. The fraction of sp³-hybridized carbons (Fsp3) is 0.933. The summed E-state index contributed by atoms with van der Waals surface area (Å²) in [6.45, 7) is 9.05. The molecule has 0 bridgehead atoms. The van der Waals surface area contributed by atoms with E-state index in [9.17, 15) is 9.90 Å². The highest BCUT2D eigenvalue weighted by molar-refractivity contribution is 5.87. The highest BCUT2D eigenvalue weighted by Gasteiger charge is 2.38. The molecule has 1 aliphatic carbocycles. The molecule has 3 atom stereocenters. The maximum atomic E-state index is 12.4. The second-order valence-electron chi connectivity index (χ2n) is 6.93. The molecule has 0 aromatic rings. The molecule has 0 radical (unpaired) electrons. The van der Waals surface area contributed by atoms with Crippen LogP contribution in [-0.2, 0) is 4.79 Å². The van der Waals surface area contributed by atoms with E-state index in [0.29, 0.717) is 11.7 Å². The first-order chi connectivity index (χ1) is 8.40. The van der Waals surface area contributed by atoms with Gasteiger partial charge in [-0.25, -0.2) is 0 Å². The van der Waals surface area contributed by atoms with E-state index in [1.54, 1.807) is 0 Å². The number of rotatable bonds is 2. The Kier molecular flexibility index (Phi) is 4.12. The molecular formula is C15H27NO2. The van der Waals surface area contributed by atoms with Gasteiger partial charge in [0.1, 0.15) is 5.78 Å². The van der Waals surface area contributed by atoms with Crippen LogP contribution in [-0.4, -0.2) is 41.5 Å².